The first kappa shape index (κ1) is 16.1. The molecule has 1 amide bonds. The van der Waals surface area contributed by atoms with Crippen LogP contribution in [0.25, 0.3) is 22.3 Å². The summed E-state index contributed by atoms with van der Waals surface area (Å²) in [5.74, 6) is -0.303. The summed E-state index contributed by atoms with van der Waals surface area (Å²) in [4.78, 5) is 25.7. The van der Waals surface area contributed by atoms with Gasteiger partial charge in [-0.05, 0) is 48.6 Å². The molecule has 1 aliphatic rings. The average Bonchev–Trinajstić information content (AvgIpc) is 3.36. The Morgan fingerprint density at radius 3 is 2.78 bits per heavy atom. The van der Waals surface area contributed by atoms with Gasteiger partial charge in [-0.1, -0.05) is 24.3 Å². The molecular formula is C21H16N4OS. The number of rotatable bonds is 3. The van der Waals surface area contributed by atoms with Crippen LogP contribution in [-0.2, 0) is 12.8 Å². The summed E-state index contributed by atoms with van der Waals surface area (Å²) in [6.45, 7) is 0. The lowest BCUT2D eigenvalue weighted by atomic mass is 10.1. The summed E-state index contributed by atoms with van der Waals surface area (Å²) in [6, 6.07) is 14.0. The highest BCUT2D eigenvalue weighted by atomic mass is 32.1. The Labute approximate surface area is 160 Å². The number of amides is 1. The van der Waals surface area contributed by atoms with Crippen LogP contribution >= 0.6 is 11.3 Å². The second kappa shape index (κ2) is 6.55. The summed E-state index contributed by atoms with van der Waals surface area (Å²) in [6.07, 6.45) is 5.02. The van der Waals surface area contributed by atoms with Gasteiger partial charge in [0, 0.05) is 10.9 Å². The molecule has 1 N–H and O–H groups in total. The maximum absolute atomic E-state index is 12.5. The minimum Gasteiger partial charge on any atom is -0.296 e. The number of nitrogens with zero attached hydrogens (tertiary/aromatic N) is 3. The fourth-order valence-corrected chi connectivity index (χ4v) is 4.14. The number of carbonyl (C=O) groups is 1. The summed E-state index contributed by atoms with van der Waals surface area (Å²) >= 11 is 1.41. The first-order valence-corrected chi connectivity index (χ1v) is 9.75. The van der Waals surface area contributed by atoms with Crippen molar-refractivity contribution in [1.29, 1.82) is 0 Å². The van der Waals surface area contributed by atoms with Gasteiger partial charge in [0.2, 0.25) is 0 Å². The number of para-hydroxylation sites is 2. The van der Waals surface area contributed by atoms with Gasteiger partial charge >= 0.3 is 0 Å². The maximum Gasteiger partial charge on any atom is 0.277 e. The molecule has 0 spiro atoms. The molecule has 5 rings (SSSR count). The SMILES string of the molecule is O=C(Nc1nc(-c2ccc3c(c2)CCC3)cs1)c1cnc2ccccc2n1. The summed E-state index contributed by atoms with van der Waals surface area (Å²) in [5, 5.41) is 5.36. The Morgan fingerprint density at radius 2 is 1.85 bits per heavy atom. The third-order valence-electron chi connectivity index (χ3n) is 4.80. The highest BCUT2D eigenvalue weighted by Crippen LogP contribution is 2.30. The number of fused-ring (bicyclic) bond motifs is 2. The van der Waals surface area contributed by atoms with Gasteiger partial charge in [0.25, 0.3) is 5.91 Å². The van der Waals surface area contributed by atoms with Gasteiger partial charge < -0.3 is 0 Å². The molecule has 27 heavy (non-hydrogen) atoms. The lowest BCUT2D eigenvalue weighted by Gasteiger charge is -2.03. The fourth-order valence-electron chi connectivity index (χ4n) is 3.42. The Balaban J connectivity index is 1.37. The molecule has 132 valence electrons. The number of aryl methyl sites for hydroxylation is 2. The largest absolute Gasteiger partial charge is 0.296 e. The molecular weight excluding hydrogens is 356 g/mol. The minimum absolute atomic E-state index is 0.281. The topological polar surface area (TPSA) is 67.8 Å². The van der Waals surface area contributed by atoms with E-state index in [0.29, 0.717) is 10.6 Å². The number of anilines is 1. The second-order valence-corrected chi connectivity index (χ2v) is 7.43. The highest BCUT2D eigenvalue weighted by molar-refractivity contribution is 7.14. The van der Waals surface area contributed by atoms with Crippen LogP contribution in [0.5, 0.6) is 0 Å². The maximum atomic E-state index is 12.5. The van der Waals surface area contributed by atoms with Gasteiger partial charge in [0.05, 0.1) is 22.9 Å². The van der Waals surface area contributed by atoms with Crippen molar-refractivity contribution >= 4 is 33.4 Å². The van der Waals surface area contributed by atoms with E-state index in [2.05, 4.69) is 38.5 Å². The molecule has 2 heterocycles. The molecule has 0 unspecified atom stereocenters. The van der Waals surface area contributed by atoms with E-state index in [0.717, 1.165) is 23.2 Å². The lowest BCUT2D eigenvalue weighted by Crippen LogP contribution is -2.14. The van der Waals surface area contributed by atoms with Crippen LogP contribution in [0.15, 0.2) is 54.0 Å². The van der Waals surface area contributed by atoms with Crippen LogP contribution in [0, 0.1) is 0 Å². The van der Waals surface area contributed by atoms with E-state index in [9.17, 15) is 4.79 Å². The van der Waals surface area contributed by atoms with Crippen molar-refractivity contribution in [2.24, 2.45) is 0 Å². The van der Waals surface area contributed by atoms with Crippen molar-refractivity contribution < 1.29 is 4.79 Å². The zero-order valence-electron chi connectivity index (χ0n) is 14.5. The van der Waals surface area contributed by atoms with E-state index in [4.69, 9.17) is 0 Å². The Morgan fingerprint density at radius 1 is 1.00 bits per heavy atom. The molecule has 5 nitrogen and oxygen atoms in total. The van der Waals surface area contributed by atoms with E-state index in [1.54, 1.807) is 0 Å². The van der Waals surface area contributed by atoms with Crippen LogP contribution in [0.1, 0.15) is 28.0 Å². The molecule has 6 heteroatoms. The molecule has 0 fully saturated rings. The number of hydrogen-bond acceptors (Lipinski definition) is 5. The molecule has 2 aromatic heterocycles. The zero-order valence-corrected chi connectivity index (χ0v) is 15.3. The van der Waals surface area contributed by atoms with Crippen molar-refractivity contribution in [1.82, 2.24) is 15.0 Å². The third kappa shape index (κ3) is 3.08. The predicted octanol–water partition coefficient (Wildman–Crippen LogP) is 4.49. The minimum atomic E-state index is -0.303. The first-order valence-electron chi connectivity index (χ1n) is 8.87. The van der Waals surface area contributed by atoms with E-state index in [1.165, 1.54) is 41.5 Å². The van der Waals surface area contributed by atoms with E-state index in [-0.39, 0.29) is 11.6 Å². The normalized spacial score (nSPS) is 12.9. The van der Waals surface area contributed by atoms with Gasteiger partial charge in [-0.2, -0.15) is 0 Å². The standard InChI is InChI=1S/C21H16N4OS/c26-20(18-11-22-16-6-1-2-7-17(16)23-18)25-21-24-19(12-27-21)15-9-8-13-4-3-5-14(13)10-15/h1-2,6-12H,3-5H2,(H,24,25,26). The highest BCUT2D eigenvalue weighted by Gasteiger charge is 2.15. The number of nitrogens with one attached hydrogen (secondary N) is 1. The molecule has 1 aliphatic carbocycles. The van der Waals surface area contributed by atoms with Gasteiger partial charge in [-0.15, -0.1) is 11.3 Å². The number of thiazole rings is 1. The van der Waals surface area contributed by atoms with E-state index >= 15 is 0 Å². The zero-order chi connectivity index (χ0) is 18.2. The fraction of sp³-hybridized carbons (Fsp3) is 0.143. The van der Waals surface area contributed by atoms with E-state index in [1.807, 2.05) is 29.6 Å². The van der Waals surface area contributed by atoms with Crippen molar-refractivity contribution in [3.8, 4) is 11.3 Å². The van der Waals surface area contributed by atoms with Crippen LogP contribution in [-0.4, -0.2) is 20.9 Å². The van der Waals surface area contributed by atoms with Crippen LogP contribution in [0.2, 0.25) is 0 Å². The van der Waals surface area contributed by atoms with Gasteiger partial charge in [-0.25, -0.2) is 9.97 Å². The Bertz CT molecular complexity index is 1170. The predicted molar refractivity (Wildman–Crippen MR) is 107 cm³/mol. The smallest absolute Gasteiger partial charge is 0.277 e. The lowest BCUT2D eigenvalue weighted by molar-refractivity contribution is 0.102. The number of benzene rings is 2. The molecule has 0 aliphatic heterocycles. The van der Waals surface area contributed by atoms with Crippen molar-refractivity contribution in [2.75, 3.05) is 5.32 Å². The number of hydrogen-bond donors (Lipinski definition) is 1. The number of aromatic nitrogens is 3. The molecule has 0 saturated heterocycles. The van der Waals surface area contributed by atoms with Crippen LogP contribution in [0.4, 0.5) is 5.13 Å². The summed E-state index contributed by atoms with van der Waals surface area (Å²) in [5.41, 5.74) is 6.58. The van der Waals surface area contributed by atoms with Crippen molar-refractivity contribution in [3.63, 3.8) is 0 Å². The van der Waals surface area contributed by atoms with Gasteiger partial charge in [0.15, 0.2) is 5.13 Å². The molecule has 0 atom stereocenters. The van der Waals surface area contributed by atoms with Crippen LogP contribution < -0.4 is 5.32 Å². The second-order valence-electron chi connectivity index (χ2n) is 6.57. The van der Waals surface area contributed by atoms with Crippen LogP contribution in [0.3, 0.4) is 0 Å². The summed E-state index contributed by atoms with van der Waals surface area (Å²) < 4.78 is 0. The molecule has 2 aromatic carbocycles. The number of carbonyl (C=O) groups excluding carboxylic acids is 1. The van der Waals surface area contributed by atoms with Gasteiger partial charge in [-0.3, -0.25) is 15.1 Å². The molecule has 4 aromatic rings. The Hall–Kier alpha value is -3.12. The van der Waals surface area contributed by atoms with Crippen molar-refractivity contribution in [2.45, 2.75) is 19.3 Å². The monoisotopic (exact) mass is 372 g/mol. The molecule has 0 radical (unpaired) electrons. The first-order chi connectivity index (χ1) is 13.3. The third-order valence-corrected chi connectivity index (χ3v) is 5.56. The molecule has 0 bridgehead atoms. The quantitative estimate of drug-likeness (QED) is 0.575. The molecule has 0 saturated carbocycles. The average molecular weight is 372 g/mol. The van der Waals surface area contributed by atoms with E-state index < -0.39 is 0 Å². The summed E-state index contributed by atoms with van der Waals surface area (Å²) in [7, 11) is 0. The van der Waals surface area contributed by atoms with Crippen molar-refractivity contribution in [3.05, 3.63) is 70.9 Å². The Kier molecular flexibility index (Phi) is 3.90. The van der Waals surface area contributed by atoms with Gasteiger partial charge in [0.1, 0.15) is 5.69 Å².